The molecule has 0 radical (unpaired) electrons. The topological polar surface area (TPSA) is 129 Å². The molecule has 0 fully saturated rings. The number of pyridine rings is 3. The van der Waals surface area contributed by atoms with Crippen LogP contribution in [0, 0.1) is 0 Å². The van der Waals surface area contributed by atoms with E-state index in [4.69, 9.17) is 28.2 Å². The van der Waals surface area contributed by atoms with Gasteiger partial charge in [-0.1, -0.05) is 182 Å². The third-order valence-corrected chi connectivity index (χ3v) is 17.2. The number of benzene rings is 11. The SMILES string of the molecule is O=c1oc2ccc(cc2-c2ccccc2)c2ccc(cn2)c2ccccc2c2cc3cc(c2)c2ccccc2c2ccc(nc2)c2ccc(oc(=O)c4cc1cc(c4)c(=O)oc1ccc(cc1-c1ccccc1)c1ccc(cn1)c1ccccc31)c(-c1ccccc1)c2. The molecule has 11 aromatic carbocycles. The van der Waals surface area contributed by atoms with E-state index in [1.807, 2.05) is 164 Å². The summed E-state index contributed by atoms with van der Waals surface area (Å²) in [7, 11) is 0. The van der Waals surface area contributed by atoms with Crippen molar-refractivity contribution in [2.45, 2.75) is 0 Å². The second-order valence-electron chi connectivity index (χ2n) is 22.9. The van der Waals surface area contributed by atoms with Crippen LogP contribution in [-0.4, -0.2) is 15.0 Å². The van der Waals surface area contributed by atoms with Gasteiger partial charge in [0.05, 0.1) is 32.7 Å². The van der Waals surface area contributed by atoms with Gasteiger partial charge in [-0.25, -0.2) is 14.4 Å². The van der Waals surface area contributed by atoms with Crippen LogP contribution in [0.25, 0.3) is 164 Å². The van der Waals surface area contributed by atoms with Crippen LogP contribution in [0.2, 0.25) is 0 Å². The van der Waals surface area contributed by atoms with Crippen LogP contribution in [0.5, 0.6) is 0 Å². The smallest absolute Gasteiger partial charge is 0.343 e. The molecule has 0 saturated carbocycles. The second-order valence-corrected chi connectivity index (χ2v) is 22.9. The third kappa shape index (κ3) is 10.8. The monoisotopic (exact) mass is 1200 g/mol. The summed E-state index contributed by atoms with van der Waals surface area (Å²) >= 11 is 0. The van der Waals surface area contributed by atoms with E-state index >= 15 is 14.4 Å². The number of rotatable bonds is 3. The van der Waals surface area contributed by atoms with Crippen LogP contribution in [0.1, 0.15) is 0 Å². The van der Waals surface area contributed by atoms with Crippen molar-refractivity contribution < 1.29 is 13.3 Å². The minimum Gasteiger partial charge on any atom is -0.422 e. The fraction of sp³-hybridized carbons (Fsp3) is 0. The first-order chi connectivity index (χ1) is 45.8. The lowest BCUT2D eigenvalue weighted by atomic mass is 9.98. The Kier molecular flexibility index (Phi) is 14.1. The van der Waals surface area contributed by atoms with E-state index in [0.717, 1.165) is 97.5 Å². The Hall–Kier alpha value is -12.7. The highest BCUT2D eigenvalue weighted by molar-refractivity contribution is 6.15. The van der Waals surface area contributed by atoms with Crippen molar-refractivity contribution in [2.75, 3.05) is 0 Å². The van der Waals surface area contributed by atoms with E-state index in [2.05, 4.69) is 109 Å². The van der Waals surface area contributed by atoms with Gasteiger partial charge in [-0.2, -0.15) is 0 Å². The van der Waals surface area contributed by atoms with E-state index in [-0.39, 0.29) is 32.9 Å². The Morgan fingerprint density at radius 1 is 0.204 bits per heavy atom. The number of nitrogens with zero attached hydrogens (tertiary/aromatic N) is 3. The van der Waals surface area contributed by atoms with Crippen LogP contribution >= 0.6 is 0 Å². The number of hydrogen-bond donors (Lipinski definition) is 0. The maximum absolute atomic E-state index is 15.0. The van der Waals surface area contributed by atoms with Gasteiger partial charge in [-0.15, -0.1) is 0 Å². The molecule has 0 aliphatic rings. The summed E-state index contributed by atoms with van der Waals surface area (Å²) in [6, 6.07) is 94.1. The second kappa shape index (κ2) is 23.7. The predicted octanol–water partition coefficient (Wildman–Crippen LogP) is 20.6. The van der Waals surface area contributed by atoms with Gasteiger partial charge < -0.3 is 13.3 Å². The van der Waals surface area contributed by atoms with Gasteiger partial charge in [-0.05, 0) is 174 Å². The van der Waals surface area contributed by atoms with Crippen molar-refractivity contribution in [3.8, 4) is 33.4 Å². The zero-order chi connectivity index (χ0) is 62.4. The van der Waals surface area contributed by atoms with Gasteiger partial charge in [0.1, 0.15) is 16.7 Å². The van der Waals surface area contributed by atoms with E-state index in [1.165, 1.54) is 18.2 Å². The summed E-state index contributed by atoms with van der Waals surface area (Å²) in [4.78, 5) is 60.3. The molecule has 0 atom stereocenters. The van der Waals surface area contributed by atoms with Crippen LogP contribution in [-0.2, 0) is 0 Å². The molecule has 0 amide bonds. The molecule has 0 saturated heterocycles. The zero-order valence-corrected chi connectivity index (χ0v) is 49.7. The predicted molar refractivity (Wildman–Crippen MR) is 381 cm³/mol. The molecule has 0 N–H and O–H groups in total. The highest BCUT2D eigenvalue weighted by Gasteiger charge is 2.12. The van der Waals surface area contributed by atoms with Crippen LogP contribution < -0.4 is 16.9 Å². The highest BCUT2D eigenvalue weighted by Crippen LogP contribution is 2.35. The first-order valence-corrected chi connectivity index (χ1v) is 30.5. The van der Waals surface area contributed by atoms with Gasteiger partial charge in [-0.3, -0.25) is 15.0 Å². The summed E-state index contributed by atoms with van der Waals surface area (Å²) in [6.07, 6.45) is 5.71. The van der Waals surface area contributed by atoms with Crippen LogP contribution in [0.3, 0.4) is 0 Å². The van der Waals surface area contributed by atoms with E-state index in [9.17, 15) is 0 Å². The Labute approximate surface area is 530 Å². The van der Waals surface area contributed by atoms with Crippen molar-refractivity contribution >= 4 is 130 Å². The fourth-order valence-electron chi connectivity index (χ4n) is 12.5. The first-order valence-electron chi connectivity index (χ1n) is 30.5. The lowest BCUT2D eigenvalue weighted by Gasteiger charge is -2.07. The Morgan fingerprint density at radius 2 is 0.441 bits per heavy atom. The normalized spacial score (nSPS) is 11.4. The van der Waals surface area contributed by atoms with Crippen molar-refractivity contribution in [2.24, 2.45) is 0 Å². The van der Waals surface area contributed by atoms with E-state index in [0.29, 0.717) is 33.2 Å². The lowest BCUT2D eigenvalue weighted by Crippen LogP contribution is -2.03. The lowest BCUT2D eigenvalue weighted by molar-refractivity contribution is 0.566. The molecule has 35 rings (SSSR count). The quantitative estimate of drug-likeness (QED) is 0.170. The first kappa shape index (κ1) is 55.6. The summed E-state index contributed by atoms with van der Waals surface area (Å²) in [6.45, 7) is 0. The summed E-state index contributed by atoms with van der Waals surface area (Å²) < 4.78 is 19.1. The third-order valence-electron chi connectivity index (χ3n) is 17.2. The molecule has 438 valence electrons. The number of hydrogen-bond acceptors (Lipinski definition) is 9. The number of aromatic nitrogens is 3. The molecule has 18 bridgehead atoms. The molecule has 0 spiro atoms. The van der Waals surface area contributed by atoms with Crippen LogP contribution in [0.15, 0.2) is 337 Å². The Balaban J connectivity index is 1.13. The van der Waals surface area contributed by atoms with E-state index in [1.54, 1.807) is 18.2 Å². The molecule has 0 aliphatic carbocycles. The minimum atomic E-state index is -0.838. The van der Waals surface area contributed by atoms with Crippen molar-refractivity contribution in [1.82, 2.24) is 15.0 Å². The fourth-order valence-corrected chi connectivity index (χ4v) is 12.5. The van der Waals surface area contributed by atoms with Gasteiger partial charge in [0.25, 0.3) is 0 Å². The minimum absolute atomic E-state index is 0.106. The van der Waals surface area contributed by atoms with Gasteiger partial charge in [0.15, 0.2) is 0 Å². The van der Waals surface area contributed by atoms with Gasteiger partial charge >= 0.3 is 16.9 Å². The largest absolute Gasteiger partial charge is 0.422 e. The van der Waals surface area contributed by atoms with Crippen molar-refractivity contribution in [3.05, 3.63) is 341 Å². The average Bonchev–Trinajstić information content (AvgIpc) is 0.916. The van der Waals surface area contributed by atoms with Crippen LogP contribution in [0.4, 0.5) is 0 Å². The van der Waals surface area contributed by atoms with Gasteiger partial charge in [0.2, 0.25) is 0 Å². The Bertz CT molecular complexity index is 5620. The Morgan fingerprint density at radius 3 is 0.699 bits per heavy atom. The standard InChI is InChI=1S/C84H51N3O6/c88-82-64-43-65-45-66(44-64)84(90)93-81-39-33-57(48-75(81)54-20-8-3-9-21-54)78-36-30-60(51-87-78)69-24-12-15-27-72(69)63-41-61(70-25-13-10-22-67(70)58-28-34-76(85-49-58)55-31-37-79(91-82)73(46-55)52-16-4-1-5-17-52)40-62(42-63)71-26-14-11-23-68(71)59-29-35-77(86-50-59)56-32-38-80(92-83(65)89)74(47-56)53-18-6-2-7-19-53/h1-51H. The molecule has 93 heavy (non-hydrogen) atoms. The highest BCUT2D eigenvalue weighted by atomic mass is 16.4. The molecule has 0 aliphatic heterocycles. The summed E-state index contributed by atoms with van der Waals surface area (Å²) in [5.74, 6) is 0. The maximum Gasteiger partial charge on any atom is 0.343 e. The summed E-state index contributed by atoms with van der Waals surface area (Å²) in [5, 5.41) is 13.8. The molecule has 0 unspecified atom stereocenters. The molecular weight excluding hydrogens is 1150 g/mol. The molecule has 24 aromatic heterocycles. The molecular formula is C84H51N3O6. The maximum atomic E-state index is 15.0. The van der Waals surface area contributed by atoms with Gasteiger partial charge in [0, 0.05) is 67.6 Å². The zero-order valence-electron chi connectivity index (χ0n) is 49.7. The van der Waals surface area contributed by atoms with Crippen molar-refractivity contribution in [3.63, 3.8) is 0 Å². The molecule has 9 heteroatoms. The molecule has 9 nitrogen and oxygen atoms in total. The molecule has 35 aromatic rings. The average molecular weight is 1200 g/mol. The van der Waals surface area contributed by atoms with E-state index < -0.39 is 16.9 Å². The molecule has 24 heterocycles. The summed E-state index contributed by atoms with van der Waals surface area (Å²) in [5.41, 5.74) is 4.42. The van der Waals surface area contributed by atoms with Crippen molar-refractivity contribution in [1.29, 1.82) is 0 Å².